The summed E-state index contributed by atoms with van der Waals surface area (Å²) in [5.41, 5.74) is 6.45. The maximum Gasteiger partial charge on any atom is 0.261 e. The number of carbonyl (C=O) groups is 1. The third-order valence-corrected chi connectivity index (χ3v) is 5.39. The topological polar surface area (TPSA) is 38.3 Å². The summed E-state index contributed by atoms with van der Waals surface area (Å²) in [6, 6.07) is 12.5. The minimum Gasteiger partial charge on any atom is -0.481 e. The van der Waals surface area contributed by atoms with Gasteiger partial charge < -0.3 is 10.1 Å². The van der Waals surface area contributed by atoms with Crippen molar-refractivity contribution in [3.05, 3.63) is 64.2 Å². The van der Waals surface area contributed by atoms with Crippen LogP contribution < -0.4 is 10.1 Å². The van der Waals surface area contributed by atoms with Crippen LogP contribution in [0.5, 0.6) is 5.75 Å². The van der Waals surface area contributed by atoms with Crippen molar-refractivity contribution in [1.29, 1.82) is 0 Å². The first kappa shape index (κ1) is 18.5. The molecular weight excluding hydrogens is 322 g/mol. The van der Waals surface area contributed by atoms with Crippen molar-refractivity contribution in [2.45, 2.75) is 65.5 Å². The molecule has 3 rings (SSSR count). The SMILES string of the molecule is Cc1ccc(O[C@@H](C)C(=O)N[C@H](C)c2ccc3c(c2)CCCC3)cc1C. The Labute approximate surface area is 156 Å². The normalized spacial score (nSPS) is 15.7. The molecule has 0 heterocycles. The number of ether oxygens (including phenoxy) is 1. The number of benzene rings is 2. The molecule has 1 aliphatic carbocycles. The quantitative estimate of drug-likeness (QED) is 0.838. The first-order valence-electron chi connectivity index (χ1n) is 9.60. The zero-order valence-corrected chi connectivity index (χ0v) is 16.3. The summed E-state index contributed by atoms with van der Waals surface area (Å²) < 4.78 is 5.83. The van der Waals surface area contributed by atoms with Crippen LogP contribution in [0.25, 0.3) is 0 Å². The number of fused-ring (bicyclic) bond motifs is 1. The van der Waals surface area contributed by atoms with Crippen molar-refractivity contribution in [2.24, 2.45) is 0 Å². The molecule has 0 fully saturated rings. The van der Waals surface area contributed by atoms with Crippen LogP contribution in [-0.2, 0) is 17.6 Å². The molecule has 0 bridgehead atoms. The molecule has 0 saturated carbocycles. The predicted octanol–water partition coefficient (Wildman–Crippen LogP) is 4.83. The van der Waals surface area contributed by atoms with Crippen LogP contribution in [0.4, 0.5) is 0 Å². The maximum atomic E-state index is 12.5. The van der Waals surface area contributed by atoms with E-state index in [4.69, 9.17) is 4.74 Å². The highest BCUT2D eigenvalue weighted by atomic mass is 16.5. The van der Waals surface area contributed by atoms with E-state index in [2.05, 4.69) is 30.4 Å². The average Bonchev–Trinajstić information content (AvgIpc) is 2.64. The number of rotatable bonds is 5. The van der Waals surface area contributed by atoms with E-state index in [0.717, 1.165) is 23.3 Å². The fourth-order valence-electron chi connectivity index (χ4n) is 3.48. The van der Waals surface area contributed by atoms with Gasteiger partial charge in [0.1, 0.15) is 5.75 Å². The van der Waals surface area contributed by atoms with E-state index in [1.54, 1.807) is 6.92 Å². The Morgan fingerprint density at radius 3 is 2.42 bits per heavy atom. The summed E-state index contributed by atoms with van der Waals surface area (Å²) in [6.07, 6.45) is 4.34. The highest BCUT2D eigenvalue weighted by molar-refractivity contribution is 5.81. The summed E-state index contributed by atoms with van der Waals surface area (Å²) in [4.78, 5) is 12.5. The van der Waals surface area contributed by atoms with Gasteiger partial charge in [-0.1, -0.05) is 24.3 Å². The first-order valence-corrected chi connectivity index (χ1v) is 9.60. The van der Waals surface area contributed by atoms with Gasteiger partial charge >= 0.3 is 0 Å². The Bertz CT molecular complexity index is 797. The lowest BCUT2D eigenvalue weighted by Crippen LogP contribution is -2.37. The zero-order valence-electron chi connectivity index (χ0n) is 16.3. The van der Waals surface area contributed by atoms with Gasteiger partial charge in [0.05, 0.1) is 6.04 Å². The maximum absolute atomic E-state index is 12.5. The Balaban J connectivity index is 1.62. The van der Waals surface area contributed by atoms with E-state index in [1.807, 2.05) is 32.0 Å². The van der Waals surface area contributed by atoms with Gasteiger partial charge in [-0.15, -0.1) is 0 Å². The van der Waals surface area contributed by atoms with E-state index in [0.29, 0.717) is 0 Å². The van der Waals surface area contributed by atoms with Crippen molar-refractivity contribution in [3.8, 4) is 5.75 Å². The average molecular weight is 351 g/mol. The standard InChI is InChI=1S/C23H29NO2/c1-15-9-12-22(13-16(15)2)26-18(4)23(25)24-17(3)20-11-10-19-7-5-6-8-21(19)14-20/h9-14,17-18H,5-8H2,1-4H3,(H,24,25)/t17-,18+/m1/s1. The molecule has 0 aliphatic heterocycles. The number of hydrogen-bond donors (Lipinski definition) is 1. The second kappa shape index (κ2) is 7.94. The lowest BCUT2D eigenvalue weighted by Gasteiger charge is -2.22. The van der Waals surface area contributed by atoms with E-state index >= 15 is 0 Å². The van der Waals surface area contributed by atoms with Gasteiger partial charge in [0.15, 0.2) is 6.10 Å². The summed E-state index contributed by atoms with van der Waals surface area (Å²) >= 11 is 0. The molecule has 138 valence electrons. The summed E-state index contributed by atoms with van der Waals surface area (Å²) in [6.45, 7) is 7.94. The number of carbonyl (C=O) groups excluding carboxylic acids is 1. The van der Waals surface area contributed by atoms with Crippen LogP contribution in [0.3, 0.4) is 0 Å². The van der Waals surface area contributed by atoms with Crippen LogP contribution in [0.1, 0.15) is 60.5 Å². The van der Waals surface area contributed by atoms with Gasteiger partial charge in [-0.25, -0.2) is 0 Å². The van der Waals surface area contributed by atoms with Gasteiger partial charge in [-0.2, -0.15) is 0 Å². The molecule has 0 spiro atoms. The Morgan fingerprint density at radius 2 is 1.69 bits per heavy atom. The summed E-state index contributed by atoms with van der Waals surface area (Å²) in [5, 5.41) is 3.09. The van der Waals surface area contributed by atoms with E-state index in [-0.39, 0.29) is 11.9 Å². The highest BCUT2D eigenvalue weighted by Gasteiger charge is 2.19. The van der Waals surface area contributed by atoms with E-state index in [1.165, 1.54) is 36.0 Å². The van der Waals surface area contributed by atoms with E-state index in [9.17, 15) is 4.79 Å². The minimum atomic E-state index is -0.530. The Morgan fingerprint density at radius 1 is 0.962 bits per heavy atom. The number of amides is 1. The van der Waals surface area contributed by atoms with Crippen LogP contribution in [0.15, 0.2) is 36.4 Å². The Hall–Kier alpha value is -2.29. The van der Waals surface area contributed by atoms with Gasteiger partial charge in [-0.05, 0) is 93.3 Å². The molecule has 0 saturated heterocycles. The van der Waals surface area contributed by atoms with Crippen LogP contribution >= 0.6 is 0 Å². The molecule has 1 N–H and O–H groups in total. The molecule has 1 aliphatic rings. The fourth-order valence-corrected chi connectivity index (χ4v) is 3.48. The lowest BCUT2D eigenvalue weighted by molar-refractivity contribution is -0.127. The largest absolute Gasteiger partial charge is 0.481 e. The van der Waals surface area contributed by atoms with Crippen molar-refractivity contribution < 1.29 is 9.53 Å². The molecule has 1 amide bonds. The molecule has 3 nitrogen and oxygen atoms in total. The smallest absolute Gasteiger partial charge is 0.261 e. The van der Waals surface area contributed by atoms with Gasteiger partial charge in [0, 0.05) is 0 Å². The number of hydrogen-bond acceptors (Lipinski definition) is 2. The zero-order chi connectivity index (χ0) is 18.7. The second-order valence-corrected chi connectivity index (χ2v) is 7.47. The second-order valence-electron chi connectivity index (χ2n) is 7.47. The van der Waals surface area contributed by atoms with E-state index < -0.39 is 6.10 Å². The van der Waals surface area contributed by atoms with Gasteiger partial charge in [0.2, 0.25) is 0 Å². The number of nitrogens with one attached hydrogen (secondary N) is 1. The molecule has 2 aromatic rings. The van der Waals surface area contributed by atoms with Crippen LogP contribution in [0.2, 0.25) is 0 Å². The van der Waals surface area contributed by atoms with Crippen molar-refractivity contribution in [3.63, 3.8) is 0 Å². The molecule has 0 aromatic heterocycles. The lowest BCUT2D eigenvalue weighted by atomic mass is 9.89. The molecule has 3 heteroatoms. The summed E-state index contributed by atoms with van der Waals surface area (Å²) in [7, 11) is 0. The predicted molar refractivity (Wildman–Crippen MR) is 106 cm³/mol. The van der Waals surface area contributed by atoms with Crippen molar-refractivity contribution in [1.82, 2.24) is 5.32 Å². The molecule has 0 radical (unpaired) electrons. The fraction of sp³-hybridized carbons (Fsp3) is 0.435. The summed E-state index contributed by atoms with van der Waals surface area (Å²) in [5.74, 6) is 0.644. The van der Waals surface area contributed by atoms with Crippen molar-refractivity contribution in [2.75, 3.05) is 0 Å². The monoisotopic (exact) mass is 351 g/mol. The minimum absolute atomic E-state index is 0.0273. The highest BCUT2D eigenvalue weighted by Crippen LogP contribution is 2.25. The molecule has 2 aromatic carbocycles. The molecule has 2 atom stereocenters. The van der Waals surface area contributed by atoms with Crippen LogP contribution in [-0.4, -0.2) is 12.0 Å². The molecule has 0 unspecified atom stereocenters. The van der Waals surface area contributed by atoms with Gasteiger partial charge in [0.25, 0.3) is 5.91 Å². The first-order chi connectivity index (χ1) is 12.4. The third kappa shape index (κ3) is 4.27. The van der Waals surface area contributed by atoms with Gasteiger partial charge in [-0.3, -0.25) is 4.79 Å². The van der Waals surface area contributed by atoms with Crippen molar-refractivity contribution >= 4 is 5.91 Å². The number of aryl methyl sites for hydroxylation is 4. The molecular formula is C23H29NO2. The third-order valence-electron chi connectivity index (χ3n) is 5.39. The Kier molecular flexibility index (Phi) is 5.65. The van der Waals surface area contributed by atoms with Crippen LogP contribution in [0, 0.1) is 13.8 Å². The molecule has 26 heavy (non-hydrogen) atoms.